The van der Waals surface area contributed by atoms with Crippen LogP contribution >= 0.6 is 0 Å². The average molecular weight is 273 g/mol. The predicted molar refractivity (Wildman–Crippen MR) is 77.9 cm³/mol. The van der Waals surface area contributed by atoms with E-state index in [0.717, 1.165) is 24.0 Å². The van der Waals surface area contributed by atoms with E-state index in [4.69, 9.17) is 10.5 Å². The first-order chi connectivity index (χ1) is 9.70. The molecule has 0 saturated heterocycles. The summed E-state index contributed by atoms with van der Waals surface area (Å²) in [4.78, 5) is 11.6. The van der Waals surface area contributed by atoms with Gasteiger partial charge in [-0.2, -0.15) is 5.10 Å². The van der Waals surface area contributed by atoms with Crippen molar-refractivity contribution in [3.63, 3.8) is 0 Å². The number of benzene rings is 1. The second kappa shape index (κ2) is 6.75. The summed E-state index contributed by atoms with van der Waals surface area (Å²) in [5.74, 6) is -0.269. The van der Waals surface area contributed by atoms with Gasteiger partial charge in [-0.15, -0.1) is 0 Å². The van der Waals surface area contributed by atoms with Crippen molar-refractivity contribution in [3.8, 4) is 11.1 Å². The number of para-hydroxylation sites is 1. The molecule has 0 saturated carbocycles. The van der Waals surface area contributed by atoms with Gasteiger partial charge in [0, 0.05) is 23.0 Å². The summed E-state index contributed by atoms with van der Waals surface area (Å²) >= 11 is 0. The molecule has 106 valence electrons. The van der Waals surface area contributed by atoms with Crippen molar-refractivity contribution in [2.45, 2.75) is 26.3 Å². The third-order valence-corrected chi connectivity index (χ3v) is 2.96. The van der Waals surface area contributed by atoms with Crippen LogP contribution in [0.2, 0.25) is 0 Å². The van der Waals surface area contributed by atoms with Crippen molar-refractivity contribution in [3.05, 3.63) is 36.7 Å². The number of unbranched alkanes of at least 4 members (excludes halogenated alkanes) is 1. The van der Waals surface area contributed by atoms with Crippen LogP contribution in [0.15, 0.2) is 36.7 Å². The molecule has 0 atom stereocenters. The van der Waals surface area contributed by atoms with Crippen LogP contribution in [0.5, 0.6) is 0 Å². The highest BCUT2D eigenvalue weighted by Crippen LogP contribution is 2.24. The quantitative estimate of drug-likeness (QED) is 0.498. The molecule has 0 unspecified atom stereocenters. The number of rotatable bonds is 6. The normalized spacial score (nSPS) is 10.4. The molecule has 2 rings (SSSR count). The number of nitrogens with zero attached hydrogens (tertiary/aromatic N) is 2. The number of anilines is 1. The predicted octanol–water partition coefficient (Wildman–Crippen LogP) is 2.48. The number of hydrogen-bond acceptors (Lipinski definition) is 4. The Labute approximate surface area is 118 Å². The van der Waals surface area contributed by atoms with Gasteiger partial charge >= 0.3 is 5.97 Å². The molecule has 2 aromatic rings. The van der Waals surface area contributed by atoms with E-state index in [9.17, 15) is 4.79 Å². The van der Waals surface area contributed by atoms with Gasteiger partial charge in [0.05, 0.1) is 12.8 Å². The number of ether oxygens (including phenoxy) is 1. The summed E-state index contributed by atoms with van der Waals surface area (Å²) in [5.41, 5.74) is 8.42. The number of hydrogen-bond donors (Lipinski definition) is 1. The maximum absolute atomic E-state index is 11.6. The zero-order valence-corrected chi connectivity index (χ0v) is 11.6. The molecule has 0 aliphatic carbocycles. The summed E-state index contributed by atoms with van der Waals surface area (Å²) in [6, 6.07) is 7.57. The Morgan fingerprint density at radius 1 is 1.40 bits per heavy atom. The highest BCUT2D eigenvalue weighted by molar-refractivity contribution is 5.75. The van der Waals surface area contributed by atoms with Gasteiger partial charge in [0.1, 0.15) is 6.54 Å². The van der Waals surface area contributed by atoms with Crippen molar-refractivity contribution in [1.82, 2.24) is 9.78 Å². The molecule has 2 N–H and O–H groups in total. The maximum Gasteiger partial charge on any atom is 0.327 e. The minimum Gasteiger partial charge on any atom is -0.464 e. The number of carbonyl (C=O) groups excluding carboxylic acids is 1. The standard InChI is InChI=1S/C15H19N3O2/c1-2-3-8-20-15(19)11-18-10-12(9-17-18)13-6-4-5-7-14(13)16/h4-7,9-10H,2-3,8,11,16H2,1H3. The third-order valence-electron chi connectivity index (χ3n) is 2.96. The zero-order valence-electron chi connectivity index (χ0n) is 11.6. The molecule has 0 radical (unpaired) electrons. The van der Waals surface area contributed by atoms with Crippen molar-refractivity contribution < 1.29 is 9.53 Å². The topological polar surface area (TPSA) is 70.1 Å². The summed E-state index contributed by atoms with van der Waals surface area (Å²) in [6.07, 6.45) is 5.39. The fourth-order valence-electron chi connectivity index (χ4n) is 1.86. The van der Waals surface area contributed by atoms with Gasteiger partial charge in [0.2, 0.25) is 0 Å². The molecule has 5 heteroatoms. The largest absolute Gasteiger partial charge is 0.464 e. The molecule has 1 aromatic heterocycles. The lowest BCUT2D eigenvalue weighted by atomic mass is 10.1. The number of aromatic nitrogens is 2. The van der Waals surface area contributed by atoms with E-state index in [1.807, 2.05) is 24.3 Å². The number of nitrogen functional groups attached to an aromatic ring is 1. The Balaban J connectivity index is 1.99. The Kier molecular flexibility index (Phi) is 4.76. The highest BCUT2D eigenvalue weighted by atomic mass is 16.5. The SMILES string of the molecule is CCCCOC(=O)Cn1cc(-c2ccccc2N)cn1. The van der Waals surface area contributed by atoms with Gasteiger partial charge in [0.25, 0.3) is 0 Å². The fraction of sp³-hybridized carbons (Fsp3) is 0.333. The molecular formula is C15H19N3O2. The van der Waals surface area contributed by atoms with Crippen LogP contribution in [-0.2, 0) is 16.1 Å². The molecule has 1 heterocycles. The average Bonchev–Trinajstić information content (AvgIpc) is 2.88. The van der Waals surface area contributed by atoms with Crippen molar-refractivity contribution in [2.75, 3.05) is 12.3 Å². The van der Waals surface area contributed by atoms with Gasteiger partial charge in [-0.3, -0.25) is 9.48 Å². The third kappa shape index (κ3) is 3.60. The summed E-state index contributed by atoms with van der Waals surface area (Å²) < 4.78 is 6.67. The molecule has 0 aliphatic heterocycles. The Morgan fingerprint density at radius 3 is 2.95 bits per heavy atom. The smallest absolute Gasteiger partial charge is 0.327 e. The van der Waals surface area contributed by atoms with Crippen LogP contribution in [0.4, 0.5) is 5.69 Å². The molecule has 1 aromatic carbocycles. The Morgan fingerprint density at radius 2 is 2.20 bits per heavy atom. The van der Waals surface area contributed by atoms with Crippen LogP contribution < -0.4 is 5.73 Å². The summed E-state index contributed by atoms with van der Waals surface area (Å²) in [5, 5.41) is 4.16. The molecule has 5 nitrogen and oxygen atoms in total. The van der Waals surface area contributed by atoms with Gasteiger partial charge in [-0.1, -0.05) is 31.5 Å². The molecular weight excluding hydrogens is 254 g/mol. The van der Waals surface area contributed by atoms with E-state index in [0.29, 0.717) is 12.3 Å². The van der Waals surface area contributed by atoms with Crippen molar-refractivity contribution in [2.24, 2.45) is 0 Å². The number of esters is 1. The number of nitrogens with two attached hydrogens (primary N) is 1. The van der Waals surface area contributed by atoms with Crippen LogP contribution in [0.25, 0.3) is 11.1 Å². The van der Waals surface area contributed by atoms with Crippen molar-refractivity contribution in [1.29, 1.82) is 0 Å². The second-order valence-corrected chi connectivity index (χ2v) is 4.59. The second-order valence-electron chi connectivity index (χ2n) is 4.59. The van der Waals surface area contributed by atoms with Crippen LogP contribution in [-0.4, -0.2) is 22.4 Å². The van der Waals surface area contributed by atoms with Gasteiger partial charge in [-0.05, 0) is 12.5 Å². The lowest BCUT2D eigenvalue weighted by molar-refractivity contribution is -0.144. The molecule has 0 amide bonds. The first kappa shape index (κ1) is 14.1. The molecule has 0 aliphatic rings. The first-order valence-corrected chi connectivity index (χ1v) is 6.73. The van der Waals surface area contributed by atoms with Crippen molar-refractivity contribution >= 4 is 11.7 Å². The van der Waals surface area contributed by atoms with E-state index < -0.39 is 0 Å². The van der Waals surface area contributed by atoms with Gasteiger partial charge in [0.15, 0.2) is 0 Å². The maximum atomic E-state index is 11.6. The van der Waals surface area contributed by atoms with Gasteiger partial charge in [-0.25, -0.2) is 0 Å². The number of carbonyl (C=O) groups is 1. The van der Waals surface area contributed by atoms with E-state index in [2.05, 4.69) is 12.0 Å². The van der Waals surface area contributed by atoms with Crippen LogP contribution in [0.3, 0.4) is 0 Å². The summed E-state index contributed by atoms with van der Waals surface area (Å²) in [7, 11) is 0. The van der Waals surface area contributed by atoms with E-state index in [1.165, 1.54) is 0 Å². The highest BCUT2D eigenvalue weighted by Gasteiger charge is 2.08. The molecule has 0 bridgehead atoms. The minimum absolute atomic E-state index is 0.121. The Hall–Kier alpha value is -2.30. The Bertz CT molecular complexity index is 578. The molecule has 0 fully saturated rings. The molecule has 0 spiro atoms. The van der Waals surface area contributed by atoms with Gasteiger partial charge < -0.3 is 10.5 Å². The van der Waals surface area contributed by atoms with E-state index in [1.54, 1.807) is 17.1 Å². The fourth-order valence-corrected chi connectivity index (χ4v) is 1.86. The van der Waals surface area contributed by atoms with E-state index >= 15 is 0 Å². The van der Waals surface area contributed by atoms with E-state index in [-0.39, 0.29) is 12.5 Å². The lowest BCUT2D eigenvalue weighted by Crippen LogP contribution is -2.14. The van der Waals surface area contributed by atoms with Crippen LogP contribution in [0, 0.1) is 0 Å². The monoisotopic (exact) mass is 273 g/mol. The minimum atomic E-state index is -0.269. The molecule has 20 heavy (non-hydrogen) atoms. The van der Waals surface area contributed by atoms with Crippen LogP contribution in [0.1, 0.15) is 19.8 Å². The zero-order chi connectivity index (χ0) is 14.4. The summed E-state index contributed by atoms with van der Waals surface area (Å²) in [6.45, 7) is 2.64. The first-order valence-electron chi connectivity index (χ1n) is 6.73. The lowest BCUT2D eigenvalue weighted by Gasteiger charge is -2.04.